The zero-order chi connectivity index (χ0) is 22.7. The average molecular weight is 469 g/mol. The number of hydrogen-bond donors (Lipinski definition) is 1. The molecule has 2 aliphatic rings. The Kier molecular flexibility index (Phi) is 6.59. The second-order valence-corrected chi connectivity index (χ2v) is 8.27. The number of piperazine rings is 1. The molecule has 1 N–H and O–H groups in total. The Morgan fingerprint density at radius 3 is 2.38 bits per heavy atom. The van der Waals surface area contributed by atoms with Crippen LogP contribution in [0.3, 0.4) is 0 Å². The highest BCUT2D eigenvalue weighted by Gasteiger charge is 2.33. The fraction of sp³-hybridized carbons (Fsp3) is 0.476. The molecule has 0 radical (unpaired) electrons. The van der Waals surface area contributed by atoms with Gasteiger partial charge in [0.15, 0.2) is 0 Å². The molecule has 0 spiro atoms. The van der Waals surface area contributed by atoms with Crippen LogP contribution in [-0.4, -0.2) is 60.2 Å². The number of anilines is 3. The summed E-state index contributed by atoms with van der Waals surface area (Å²) in [5, 5.41) is 2.13. The number of benzene rings is 1. The van der Waals surface area contributed by atoms with Gasteiger partial charge in [0.2, 0.25) is 5.95 Å². The first-order valence-corrected chi connectivity index (χ1v) is 10.9. The number of urea groups is 1. The predicted molar refractivity (Wildman–Crippen MR) is 117 cm³/mol. The third-order valence-corrected chi connectivity index (χ3v) is 6.01. The number of amides is 2. The normalized spacial score (nSPS) is 17.4. The number of nitrogens with one attached hydrogen (secondary N) is 1. The monoisotopic (exact) mass is 468 g/mol. The van der Waals surface area contributed by atoms with E-state index in [0.29, 0.717) is 26.2 Å². The predicted octanol–water partition coefficient (Wildman–Crippen LogP) is 4.49. The number of hydrogen-bond acceptors (Lipinski definition) is 5. The van der Waals surface area contributed by atoms with Crippen molar-refractivity contribution in [2.75, 3.05) is 54.4 Å². The molecule has 0 atom stereocenters. The maximum absolute atomic E-state index is 13.0. The van der Waals surface area contributed by atoms with Gasteiger partial charge in [0.05, 0.1) is 10.6 Å². The molecule has 2 aromatic rings. The van der Waals surface area contributed by atoms with Gasteiger partial charge in [-0.1, -0.05) is 11.6 Å². The number of rotatable bonds is 3. The molecule has 2 saturated heterocycles. The molecule has 0 saturated carbocycles. The summed E-state index contributed by atoms with van der Waals surface area (Å²) in [6.07, 6.45) is 0.671. The van der Waals surface area contributed by atoms with E-state index in [1.807, 2.05) is 6.07 Å². The molecule has 1 aromatic carbocycles. The summed E-state index contributed by atoms with van der Waals surface area (Å²) in [5.74, 6) is 1.54. The van der Waals surface area contributed by atoms with Crippen LogP contribution in [0.15, 0.2) is 30.5 Å². The highest BCUT2D eigenvalue weighted by Crippen LogP contribution is 2.36. The van der Waals surface area contributed by atoms with E-state index in [-0.39, 0.29) is 5.69 Å². The molecular formula is C21H24ClF3N6O. The third-order valence-electron chi connectivity index (χ3n) is 5.68. The summed E-state index contributed by atoms with van der Waals surface area (Å²) in [5.41, 5.74) is -0.925. The quantitative estimate of drug-likeness (QED) is 0.719. The summed E-state index contributed by atoms with van der Waals surface area (Å²) in [6, 6.07) is 4.74. The van der Waals surface area contributed by atoms with E-state index in [9.17, 15) is 18.0 Å². The molecule has 11 heteroatoms. The summed E-state index contributed by atoms with van der Waals surface area (Å²) in [4.78, 5) is 27.5. The highest BCUT2D eigenvalue weighted by atomic mass is 35.5. The molecule has 4 rings (SSSR count). The fourth-order valence-electron chi connectivity index (χ4n) is 3.92. The van der Waals surface area contributed by atoms with Gasteiger partial charge in [-0.25, -0.2) is 9.78 Å². The van der Waals surface area contributed by atoms with E-state index >= 15 is 0 Å². The van der Waals surface area contributed by atoms with E-state index in [1.165, 1.54) is 12.5 Å². The van der Waals surface area contributed by atoms with E-state index in [2.05, 4.69) is 20.1 Å². The number of piperidine rings is 1. The van der Waals surface area contributed by atoms with Gasteiger partial charge in [-0.15, -0.1) is 0 Å². The van der Waals surface area contributed by atoms with Gasteiger partial charge in [-0.05, 0) is 43.5 Å². The highest BCUT2D eigenvalue weighted by molar-refractivity contribution is 6.31. The lowest BCUT2D eigenvalue weighted by Gasteiger charge is -2.36. The molecule has 1 aromatic heterocycles. The minimum absolute atomic E-state index is 0.0520. The van der Waals surface area contributed by atoms with Gasteiger partial charge in [0.25, 0.3) is 0 Å². The molecule has 32 heavy (non-hydrogen) atoms. The SMILES string of the molecule is O=C(Nc1ccc(Cl)c(C(F)(F)F)c1)N1CCN(c2ccnc(N3CCCCC3)n2)CC1. The number of carbonyl (C=O) groups excluding carboxylic acids is 1. The smallest absolute Gasteiger partial charge is 0.353 e. The second-order valence-electron chi connectivity index (χ2n) is 7.86. The van der Waals surface area contributed by atoms with E-state index in [0.717, 1.165) is 49.8 Å². The van der Waals surface area contributed by atoms with Crippen molar-refractivity contribution in [3.05, 3.63) is 41.0 Å². The van der Waals surface area contributed by atoms with Crippen molar-refractivity contribution in [3.63, 3.8) is 0 Å². The number of aromatic nitrogens is 2. The maximum Gasteiger partial charge on any atom is 0.417 e. The fourth-order valence-corrected chi connectivity index (χ4v) is 4.15. The number of halogens is 4. The van der Waals surface area contributed by atoms with Crippen molar-refractivity contribution < 1.29 is 18.0 Å². The van der Waals surface area contributed by atoms with Crippen molar-refractivity contribution in [2.45, 2.75) is 25.4 Å². The van der Waals surface area contributed by atoms with Crippen molar-refractivity contribution in [2.24, 2.45) is 0 Å². The molecular weight excluding hydrogens is 445 g/mol. The van der Waals surface area contributed by atoms with E-state index < -0.39 is 22.8 Å². The Morgan fingerprint density at radius 1 is 0.969 bits per heavy atom. The van der Waals surface area contributed by atoms with Gasteiger partial charge in [0, 0.05) is 51.2 Å². The molecule has 2 amide bonds. The van der Waals surface area contributed by atoms with Crippen LogP contribution in [0.1, 0.15) is 24.8 Å². The Morgan fingerprint density at radius 2 is 1.69 bits per heavy atom. The summed E-state index contributed by atoms with van der Waals surface area (Å²) in [7, 11) is 0. The first kappa shape index (κ1) is 22.4. The van der Waals surface area contributed by atoms with E-state index in [4.69, 9.17) is 16.6 Å². The number of alkyl halides is 3. The molecule has 0 bridgehead atoms. The summed E-state index contributed by atoms with van der Waals surface area (Å²) < 4.78 is 39.1. The largest absolute Gasteiger partial charge is 0.417 e. The standard InChI is InChI=1S/C21H24ClF3N6O/c22-17-5-4-15(14-16(17)21(23,24)25)27-20(32)31-12-10-29(11-13-31)18-6-7-26-19(28-18)30-8-2-1-3-9-30/h4-7,14H,1-3,8-13H2,(H,27,32). The van der Waals surface area contributed by atoms with Crippen LogP contribution in [0.2, 0.25) is 5.02 Å². The average Bonchev–Trinajstić information content (AvgIpc) is 2.80. The zero-order valence-corrected chi connectivity index (χ0v) is 18.2. The minimum Gasteiger partial charge on any atom is -0.353 e. The van der Waals surface area contributed by atoms with Crippen LogP contribution in [-0.2, 0) is 6.18 Å². The molecule has 3 heterocycles. The van der Waals surface area contributed by atoms with Crippen LogP contribution >= 0.6 is 11.6 Å². The molecule has 2 aliphatic heterocycles. The van der Waals surface area contributed by atoms with Crippen molar-refractivity contribution in [1.82, 2.24) is 14.9 Å². The lowest BCUT2D eigenvalue weighted by atomic mass is 10.1. The minimum atomic E-state index is -4.59. The van der Waals surface area contributed by atoms with Gasteiger partial charge in [0.1, 0.15) is 5.82 Å². The third kappa shape index (κ3) is 5.17. The second kappa shape index (κ2) is 9.40. The Bertz CT molecular complexity index is 959. The molecule has 7 nitrogen and oxygen atoms in total. The molecule has 0 unspecified atom stereocenters. The molecule has 2 fully saturated rings. The molecule has 0 aliphatic carbocycles. The molecule has 172 valence electrons. The maximum atomic E-state index is 13.0. The van der Waals surface area contributed by atoms with Crippen molar-refractivity contribution in [3.8, 4) is 0 Å². The Balaban J connectivity index is 1.35. The van der Waals surface area contributed by atoms with Crippen molar-refractivity contribution in [1.29, 1.82) is 0 Å². The Labute approximate surface area is 189 Å². The van der Waals surface area contributed by atoms with Crippen LogP contribution in [0.25, 0.3) is 0 Å². The van der Waals surface area contributed by atoms with Crippen LogP contribution in [0.5, 0.6) is 0 Å². The lowest BCUT2D eigenvalue weighted by Crippen LogP contribution is -2.50. The van der Waals surface area contributed by atoms with Gasteiger partial charge in [-0.3, -0.25) is 0 Å². The first-order chi connectivity index (χ1) is 15.3. The number of carbonyl (C=O) groups is 1. The number of nitrogens with zero attached hydrogens (tertiary/aromatic N) is 5. The summed E-state index contributed by atoms with van der Waals surface area (Å²) in [6.45, 7) is 3.90. The van der Waals surface area contributed by atoms with Crippen LogP contribution in [0, 0.1) is 0 Å². The Hall–Kier alpha value is -2.75. The zero-order valence-electron chi connectivity index (χ0n) is 17.4. The van der Waals surface area contributed by atoms with Gasteiger partial charge in [-0.2, -0.15) is 18.2 Å². The lowest BCUT2D eigenvalue weighted by molar-refractivity contribution is -0.137. The van der Waals surface area contributed by atoms with Crippen LogP contribution in [0.4, 0.5) is 35.4 Å². The van der Waals surface area contributed by atoms with Gasteiger partial charge >= 0.3 is 12.2 Å². The topological polar surface area (TPSA) is 64.6 Å². The van der Waals surface area contributed by atoms with E-state index in [1.54, 1.807) is 11.1 Å². The van der Waals surface area contributed by atoms with Gasteiger partial charge < -0.3 is 20.0 Å². The van der Waals surface area contributed by atoms with Crippen LogP contribution < -0.4 is 15.1 Å². The van der Waals surface area contributed by atoms with Crippen molar-refractivity contribution >= 4 is 35.1 Å². The summed E-state index contributed by atoms with van der Waals surface area (Å²) >= 11 is 5.64. The first-order valence-electron chi connectivity index (χ1n) is 10.6.